The third-order valence-corrected chi connectivity index (χ3v) is 16.8. The van der Waals surface area contributed by atoms with E-state index in [0.29, 0.717) is 36.0 Å². The SMILES string of the molecule is C=C(C)[C@H]1CC[C@@]2(C)[C@H]1[C@H]1CC[C@@H]3[C@@]4(C)CC[C@H](OC(=O)CCCCCCCCCCCCC)C(C)(C)[C@@H]4CC[C@@]3(C)[C@]1(C)C[C@@H]2O. The number of fused-ring (bicyclic) bond motifs is 7. The van der Waals surface area contributed by atoms with Crippen molar-refractivity contribution >= 4 is 5.97 Å². The maximum Gasteiger partial charge on any atom is 0.306 e. The Labute approximate surface area is 291 Å². The first kappa shape index (κ1) is 37.4. The van der Waals surface area contributed by atoms with Crippen LogP contribution in [0, 0.1) is 56.7 Å². The second kappa shape index (κ2) is 14.4. The van der Waals surface area contributed by atoms with Crippen molar-refractivity contribution in [3.8, 4) is 0 Å². The van der Waals surface area contributed by atoms with Gasteiger partial charge in [-0.25, -0.2) is 0 Å². The number of aliphatic hydroxyl groups excluding tert-OH is 1. The van der Waals surface area contributed by atoms with Crippen molar-refractivity contribution in [1.82, 2.24) is 0 Å². The highest BCUT2D eigenvalue weighted by molar-refractivity contribution is 5.69. The number of carbonyl (C=O) groups is 1. The number of carbonyl (C=O) groups excluding carboxylic acids is 1. The Morgan fingerprint density at radius 3 is 1.94 bits per heavy atom. The van der Waals surface area contributed by atoms with Crippen molar-refractivity contribution in [3.05, 3.63) is 12.2 Å². The van der Waals surface area contributed by atoms with Gasteiger partial charge in [-0.15, -0.1) is 0 Å². The van der Waals surface area contributed by atoms with Gasteiger partial charge in [0.15, 0.2) is 0 Å². The summed E-state index contributed by atoms with van der Waals surface area (Å²) in [6.45, 7) is 24.2. The van der Waals surface area contributed by atoms with E-state index in [1.165, 1.54) is 95.5 Å². The highest BCUT2D eigenvalue weighted by Crippen LogP contribution is 2.77. The average Bonchev–Trinajstić information content (AvgIpc) is 3.37. The van der Waals surface area contributed by atoms with Gasteiger partial charge >= 0.3 is 5.97 Å². The lowest BCUT2D eigenvalue weighted by Gasteiger charge is -2.73. The van der Waals surface area contributed by atoms with Gasteiger partial charge in [0.1, 0.15) is 6.10 Å². The molecular formula is C44H76O3. The first-order valence-corrected chi connectivity index (χ1v) is 20.7. The van der Waals surface area contributed by atoms with Crippen LogP contribution in [-0.4, -0.2) is 23.3 Å². The fourth-order valence-corrected chi connectivity index (χ4v) is 13.9. The molecule has 5 aliphatic carbocycles. The average molecular weight is 653 g/mol. The lowest BCUT2D eigenvalue weighted by Crippen LogP contribution is -2.68. The summed E-state index contributed by atoms with van der Waals surface area (Å²) in [7, 11) is 0. The molecule has 270 valence electrons. The van der Waals surface area contributed by atoms with Gasteiger partial charge in [0.2, 0.25) is 0 Å². The summed E-state index contributed by atoms with van der Waals surface area (Å²) in [6.07, 6.45) is 25.3. The summed E-state index contributed by atoms with van der Waals surface area (Å²) in [6, 6.07) is 0. The van der Waals surface area contributed by atoms with Crippen LogP contribution in [0.2, 0.25) is 0 Å². The molecule has 0 unspecified atom stereocenters. The first-order chi connectivity index (χ1) is 22.2. The van der Waals surface area contributed by atoms with Gasteiger partial charge in [0.05, 0.1) is 6.10 Å². The molecule has 0 aliphatic heterocycles. The molecule has 1 N–H and O–H groups in total. The lowest BCUT2D eigenvalue weighted by atomic mass is 9.32. The number of allylic oxidation sites excluding steroid dienone is 1. The van der Waals surface area contributed by atoms with Crippen molar-refractivity contribution < 1.29 is 14.6 Å². The molecule has 0 radical (unpaired) electrons. The zero-order valence-electron chi connectivity index (χ0n) is 32.4. The Morgan fingerprint density at radius 2 is 1.32 bits per heavy atom. The zero-order chi connectivity index (χ0) is 34.3. The molecule has 0 spiro atoms. The van der Waals surface area contributed by atoms with E-state index >= 15 is 0 Å². The summed E-state index contributed by atoms with van der Waals surface area (Å²) in [5.41, 5.74) is 1.98. The molecular weight excluding hydrogens is 576 g/mol. The van der Waals surface area contributed by atoms with E-state index in [1.54, 1.807) is 0 Å². The fourth-order valence-electron chi connectivity index (χ4n) is 13.9. The van der Waals surface area contributed by atoms with Gasteiger partial charge in [-0.3, -0.25) is 4.79 Å². The first-order valence-electron chi connectivity index (χ1n) is 20.7. The number of rotatable bonds is 14. The summed E-state index contributed by atoms with van der Waals surface area (Å²) in [5.74, 6) is 3.05. The Kier molecular flexibility index (Phi) is 11.5. The molecule has 0 aromatic heterocycles. The van der Waals surface area contributed by atoms with Crippen LogP contribution in [0.15, 0.2) is 12.2 Å². The molecule has 0 aromatic rings. The van der Waals surface area contributed by atoms with Crippen LogP contribution in [0.25, 0.3) is 0 Å². The van der Waals surface area contributed by atoms with E-state index in [0.717, 1.165) is 38.5 Å². The number of aliphatic hydroxyl groups is 1. The van der Waals surface area contributed by atoms with Crippen LogP contribution in [0.1, 0.15) is 190 Å². The Balaban J connectivity index is 1.18. The van der Waals surface area contributed by atoms with Crippen molar-refractivity contribution in [3.63, 3.8) is 0 Å². The molecule has 5 saturated carbocycles. The zero-order valence-corrected chi connectivity index (χ0v) is 32.4. The topological polar surface area (TPSA) is 46.5 Å². The molecule has 11 atom stereocenters. The quantitative estimate of drug-likeness (QED) is 0.115. The number of hydrogen-bond acceptors (Lipinski definition) is 3. The monoisotopic (exact) mass is 653 g/mol. The number of esters is 1. The van der Waals surface area contributed by atoms with Crippen LogP contribution in [-0.2, 0) is 9.53 Å². The van der Waals surface area contributed by atoms with Crippen LogP contribution < -0.4 is 0 Å². The highest BCUT2D eigenvalue weighted by atomic mass is 16.5. The molecule has 0 amide bonds. The standard InChI is InChI=1S/C44H76O3/c1-10-11-12-13-14-15-16-17-18-19-20-21-38(46)47-37-26-28-41(6)34(40(37,4)5)25-29-43(8)35(41)23-22-33-39-32(31(2)3)24-27-42(39,7)36(45)30-44(33,43)9/h32-37,39,45H,2,10-30H2,1,3-9H3/t32-,33-,34+,35-,36+,37+,39-,41+,42-,43-,44-/m1/s1. The lowest BCUT2D eigenvalue weighted by molar-refractivity contribution is -0.262. The van der Waals surface area contributed by atoms with Gasteiger partial charge in [-0.2, -0.15) is 0 Å². The van der Waals surface area contributed by atoms with Crippen molar-refractivity contribution in [2.75, 3.05) is 0 Å². The molecule has 3 nitrogen and oxygen atoms in total. The molecule has 0 bridgehead atoms. The van der Waals surface area contributed by atoms with Crippen molar-refractivity contribution in [1.29, 1.82) is 0 Å². The number of hydrogen-bond donors (Lipinski definition) is 1. The Morgan fingerprint density at radius 1 is 0.723 bits per heavy atom. The summed E-state index contributed by atoms with van der Waals surface area (Å²) in [4.78, 5) is 13.1. The summed E-state index contributed by atoms with van der Waals surface area (Å²) in [5, 5.41) is 11.9. The van der Waals surface area contributed by atoms with E-state index in [2.05, 4.69) is 62.0 Å². The van der Waals surface area contributed by atoms with Gasteiger partial charge < -0.3 is 9.84 Å². The predicted molar refractivity (Wildman–Crippen MR) is 197 cm³/mol. The van der Waals surface area contributed by atoms with Crippen LogP contribution in [0.4, 0.5) is 0 Å². The number of ether oxygens (including phenoxy) is 1. The number of unbranched alkanes of at least 4 members (excludes halogenated alkanes) is 10. The van der Waals surface area contributed by atoms with Crippen LogP contribution >= 0.6 is 0 Å². The normalized spacial score (nSPS) is 43.7. The van der Waals surface area contributed by atoms with E-state index < -0.39 is 0 Å². The second-order valence-corrected chi connectivity index (χ2v) is 19.5. The van der Waals surface area contributed by atoms with Crippen molar-refractivity contribution in [2.24, 2.45) is 56.7 Å². The minimum atomic E-state index is -0.217. The smallest absolute Gasteiger partial charge is 0.306 e. The van der Waals surface area contributed by atoms with E-state index in [9.17, 15) is 9.90 Å². The maximum atomic E-state index is 13.1. The van der Waals surface area contributed by atoms with E-state index in [1.807, 2.05) is 0 Å². The van der Waals surface area contributed by atoms with Crippen molar-refractivity contribution in [2.45, 2.75) is 202 Å². The fraction of sp³-hybridized carbons (Fsp3) is 0.932. The molecule has 0 aromatic carbocycles. The molecule has 0 saturated heterocycles. The molecule has 5 rings (SSSR count). The summed E-state index contributed by atoms with van der Waals surface area (Å²) < 4.78 is 6.39. The third kappa shape index (κ3) is 6.57. The minimum Gasteiger partial charge on any atom is -0.462 e. The van der Waals surface area contributed by atoms with E-state index in [4.69, 9.17) is 4.74 Å². The van der Waals surface area contributed by atoms with Crippen LogP contribution in [0.5, 0.6) is 0 Å². The molecule has 3 heteroatoms. The largest absolute Gasteiger partial charge is 0.462 e. The molecule has 47 heavy (non-hydrogen) atoms. The van der Waals surface area contributed by atoms with Gasteiger partial charge in [0.25, 0.3) is 0 Å². The Hall–Kier alpha value is -0.830. The maximum absolute atomic E-state index is 13.1. The minimum absolute atomic E-state index is 0.0139. The van der Waals surface area contributed by atoms with Gasteiger partial charge in [0, 0.05) is 11.8 Å². The summed E-state index contributed by atoms with van der Waals surface area (Å²) >= 11 is 0. The molecule has 5 fully saturated rings. The van der Waals surface area contributed by atoms with Gasteiger partial charge in [-0.1, -0.05) is 125 Å². The van der Waals surface area contributed by atoms with E-state index in [-0.39, 0.29) is 45.3 Å². The molecule has 0 heterocycles. The van der Waals surface area contributed by atoms with Gasteiger partial charge in [-0.05, 0) is 122 Å². The third-order valence-electron chi connectivity index (χ3n) is 16.8. The predicted octanol–water partition coefficient (Wildman–Crippen LogP) is 12.2. The van der Waals surface area contributed by atoms with Crippen LogP contribution in [0.3, 0.4) is 0 Å². The second-order valence-electron chi connectivity index (χ2n) is 19.5. The Bertz CT molecular complexity index is 1090. The highest BCUT2D eigenvalue weighted by Gasteiger charge is 2.72. The molecule has 5 aliphatic rings.